The van der Waals surface area contributed by atoms with Crippen LogP contribution >= 0.6 is 0 Å². The van der Waals surface area contributed by atoms with Crippen LogP contribution in [0.2, 0.25) is 0 Å². The quantitative estimate of drug-likeness (QED) is 0.815. The minimum Gasteiger partial charge on any atom is -0.478 e. The van der Waals surface area contributed by atoms with Crippen molar-refractivity contribution in [3.63, 3.8) is 0 Å². The van der Waals surface area contributed by atoms with Gasteiger partial charge >= 0.3 is 12.0 Å². The Kier molecular flexibility index (Phi) is 4.95. The molecule has 0 saturated heterocycles. The largest absolute Gasteiger partial charge is 0.478 e. The van der Waals surface area contributed by atoms with E-state index >= 15 is 0 Å². The van der Waals surface area contributed by atoms with E-state index in [4.69, 9.17) is 11.5 Å². The van der Waals surface area contributed by atoms with Crippen molar-refractivity contribution < 1.29 is 14.7 Å². The van der Waals surface area contributed by atoms with E-state index in [2.05, 4.69) is 11.2 Å². The summed E-state index contributed by atoms with van der Waals surface area (Å²) in [5.41, 5.74) is 1.35. The first kappa shape index (κ1) is 14.6. The van der Waals surface area contributed by atoms with Gasteiger partial charge in [-0.25, -0.2) is 9.59 Å². The number of carboxylic acid groups (broad SMARTS) is 1. The van der Waals surface area contributed by atoms with Gasteiger partial charge in [0.2, 0.25) is 0 Å². The third-order valence-corrected chi connectivity index (χ3v) is 2.66. The molecule has 0 heterocycles. The molecule has 0 fully saturated rings. The topological polar surface area (TPSA) is 69.6 Å². The number of anilines is 1. The molecule has 0 aliphatic heterocycles. The van der Waals surface area contributed by atoms with Gasteiger partial charge in [0.25, 0.3) is 0 Å². The number of aromatic carboxylic acids is 1. The molecule has 0 atom stereocenters. The molecule has 0 radical (unpaired) electrons. The minimum absolute atomic E-state index is 0.217. The first-order valence-corrected chi connectivity index (χ1v) is 5.83. The molecule has 0 aromatic heterocycles. The number of carboxylic acids is 1. The van der Waals surface area contributed by atoms with E-state index in [-0.39, 0.29) is 18.1 Å². The Labute approximate surface area is 112 Å². The summed E-state index contributed by atoms with van der Waals surface area (Å²) in [5, 5.41) is 11.6. The fourth-order valence-corrected chi connectivity index (χ4v) is 1.62. The molecule has 2 N–H and O–H groups in total. The van der Waals surface area contributed by atoms with E-state index in [1.165, 1.54) is 11.0 Å². The summed E-state index contributed by atoms with van der Waals surface area (Å²) in [6.07, 6.45) is 5.18. The van der Waals surface area contributed by atoms with Gasteiger partial charge in [0.1, 0.15) is 0 Å². The van der Waals surface area contributed by atoms with Crippen LogP contribution in [0.4, 0.5) is 10.5 Å². The summed E-state index contributed by atoms with van der Waals surface area (Å²) in [4.78, 5) is 24.2. The number of aryl methyl sites for hydroxylation is 1. The van der Waals surface area contributed by atoms with Gasteiger partial charge < -0.3 is 15.3 Å². The van der Waals surface area contributed by atoms with E-state index in [9.17, 15) is 9.59 Å². The second-order valence-electron chi connectivity index (χ2n) is 3.98. The van der Waals surface area contributed by atoms with Crippen LogP contribution in [-0.2, 0) is 0 Å². The number of urea groups is 1. The van der Waals surface area contributed by atoms with Gasteiger partial charge in [-0.2, -0.15) is 0 Å². The van der Waals surface area contributed by atoms with Crippen LogP contribution < -0.4 is 5.32 Å². The van der Waals surface area contributed by atoms with Crippen LogP contribution in [0.25, 0.3) is 0 Å². The van der Waals surface area contributed by atoms with E-state index in [0.717, 1.165) is 0 Å². The number of nitrogens with zero attached hydrogens (tertiary/aromatic N) is 1. The summed E-state index contributed by atoms with van der Waals surface area (Å²) < 4.78 is 0. The van der Waals surface area contributed by atoms with Crippen molar-refractivity contribution in [3.05, 3.63) is 29.3 Å². The number of amides is 2. The lowest BCUT2D eigenvalue weighted by atomic mass is 10.1. The Morgan fingerprint density at radius 1 is 1.47 bits per heavy atom. The van der Waals surface area contributed by atoms with E-state index < -0.39 is 5.97 Å². The third kappa shape index (κ3) is 3.75. The van der Waals surface area contributed by atoms with Crippen molar-refractivity contribution in [3.8, 4) is 12.3 Å². The highest BCUT2D eigenvalue weighted by atomic mass is 16.4. The summed E-state index contributed by atoms with van der Waals surface area (Å²) in [5.74, 6) is 1.42. The first-order valence-electron chi connectivity index (χ1n) is 5.83. The Bertz CT molecular complexity index is 532. The molecule has 0 bridgehead atoms. The molecular weight excluding hydrogens is 244 g/mol. The highest BCUT2D eigenvalue weighted by Gasteiger charge is 2.12. The zero-order valence-corrected chi connectivity index (χ0v) is 10.9. The average Bonchev–Trinajstić information content (AvgIpc) is 2.35. The van der Waals surface area contributed by atoms with Crippen LogP contribution in [0.15, 0.2) is 18.2 Å². The van der Waals surface area contributed by atoms with Crippen molar-refractivity contribution >= 4 is 17.7 Å². The van der Waals surface area contributed by atoms with Crippen LogP contribution in [-0.4, -0.2) is 35.1 Å². The monoisotopic (exact) mass is 260 g/mol. The highest BCUT2D eigenvalue weighted by molar-refractivity contribution is 5.92. The Morgan fingerprint density at radius 3 is 2.63 bits per heavy atom. The van der Waals surface area contributed by atoms with Crippen molar-refractivity contribution in [2.75, 3.05) is 18.4 Å². The van der Waals surface area contributed by atoms with Gasteiger partial charge in [-0.1, -0.05) is 5.92 Å². The maximum atomic E-state index is 11.9. The van der Waals surface area contributed by atoms with Gasteiger partial charge in [0.15, 0.2) is 0 Å². The van der Waals surface area contributed by atoms with Crippen LogP contribution in [0.1, 0.15) is 22.8 Å². The molecule has 5 heteroatoms. The van der Waals surface area contributed by atoms with E-state index in [1.807, 2.05) is 6.92 Å². The maximum absolute atomic E-state index is 11.9. The number of hydrogen-bond donors (Lipinski definition) is 2. The molecule has 1 rings (SSSR count). The Balaban J connectivity index is 2.83. The van der Waals surface area contributed by atoms with E-state index in [0.29, 0.717) is 17.8 Å². The van der Waals surface area contributed by atoms with Crippen molar-refractivity contribution in [2.24, 2.45) is 0 Å². The molecule has 0 aliphatic carbocycles. The summed E-state index contributed by atoms with van der Waals surface area (Å²) in [6, 6.07) is 4.33. The zero-order valence-electron chi connectivity index (χ0n) is 10.9. The number of benzene rings is 1. The summed E-state index contributed by atoms with van der Waals surface area (Å²) in [7, 11) is 0. The number of carbonyl (C=O) groups is 2. The molecule has 5 nitrogen and oxygen atoms in total. The highest BCUT2D eigenvalue weighted by Crippen LogP contribution is 2.15. The Hall–Kier alpha value is -2.48. The van der Waals surface area contributed by atoms with Crippen molar-refractivity contribution in [1.29, 1.82) is 0 Å². The summed E-state index contributed by atoms with van der Waals surface area (Å²) >= 11 is 0. The smallest absolute Gasteiger partial charge is 0.335 e. The lowest BCUT2D eigenvalue weighted by Crippen LogP contribution is -2.35. The number of nitrogens with one attached hydrogen (secondary N) is 1. The number of carbonyl (C=O) groups excluding carboxylic acids is 1. The SMILES string of the molecule is C#CCN(CC)C(=O)Nc1ccc(C(=O)O)c(C)c1. The summed E-state index contributed by atoms with van der Waals surface area (Å²) in [6.45, 7) is 4.24. The van der Waals surface area contributed by atoms with Crippen LogP contribution in [0.3, 0.4) is 0 Å². The molecule has 1 aromatic carbocycles. The molecule has 0 spiro atoms. The fourth-order valence-electron chi connectivity index (χ4n) is 1.62. The molecule has 0 aliphatic rings. The molecule has 0 saturated carbocycles. The van der Waals surface area contributed by atoms with Crippen molar-refractivity contribution in [2.45, 2.75) is 13.8 Å². The lowest BCUT2D eigenvalue weighted by Gasteiger charge is -2.18. The van der Waals surface area contributed by atoms with Crippen molar-refractivity contribution in [1.82, 2.24) is 4.90 Å². The van der Waals surface area contributed by atoms with Gasteiger partial charge in [-0.3, -0.25) is 0 Å². The normalized spacial score (nSPS) is 9.53. The number of terminal acetylenes is 1. The Morgan fingerprint density at radius 2 is 2.16 bits per heavy atom. The van der Waals surface area contributed by atoms with Gasteiger partial charge in [-0.15, -0.1) is 6.42 Å². The van der Waals surface area contributed by atoms with Gasteiger partial charge in [0, 0.05) is 12.2 Å². The number of rotatable bonds is 4. The average molecular weight is 260 g/mol. The second kappa shape index (κ2) is 6.45. The molecule has 2 amide bonds. The standard InChI is InChI=1S/C14H16N2O3/c1-4-8-16(5-2)14(19)15-11-6-7-12(13(17)18)10(3)9-11/h1,6-7,9H,5,8H2,2-3H3,(H,15,19)(H,17,18). The third-order valence-electron chi connectivity index (χ3n) is 2.66. The van der Waals surface area contributed by atoms with E-state index in [1.54, 1.807) is 19.1 Å². The predicted octanol–water partition coefficient (Wildman–Crippen LogP) is 2.18. The lowest BCUT2D eigenvalue weighted by molar-refractivity contribution is 0.0696. The molecular formula is C14H16N2O3. The van der Waals surface area contributed by atoms with Gasteiger partial charge in [-0.05, 0) is 37.6 Å². The van der Waals surface area contributed by atoms with Crippen LogP contribution in [0.5, 0.6) is 0 Å². The first-order chi connectivity index (χ1) is 8.99. The maximum Gasteiger partial charge on any atom is 0.335 e. The molecule has 0 unspecified atom stereocenters. The zero-order chi connectivity index (χ0) is 14.4. The molecule has 100 valence electrons. The number of hydrogen-bond acceptors (Lipinski definition) is 2. The van der Waals surface area contributed by atoms with Crippen LogP contribution in [0, 0.1) is 19.3 Å². The predicted molar refractivity (Wildman–Crippen MR) is 73.2 cm³/mol. The van der Waals surface area contributed by atoms with Gasteiger partial charge in [0.05, 0.1) is 12.1 Å². The fraction of sp³-hybridized carbons (Fsp3) is 0.286. The minimum atomic E-state index is -0.988. The molecule has 1 aromatic rings. The molecule has 19 heavy (non-hydrogen) atoms. The second-order valence-corrected chi connectivity index (χ2v) is 3.98.